The smallest absolute Gasteiger partial charge is 0.370 e. The van der Waals surface area contributed by atoms with Crippen LogP contribution in [0.15, 0.2) is 72.8 Å². The molecule has 9 amide bonds. The first-order valence-corrected chi connectivity index (χ1v) is 28.4. The van der Waals surface area contributed by atoms with E-state index in [0.717, 1.165) is 12.0 Å². The highest BCUT2D eigenvalue weighted by Gasteiger charge is 2.46. The summed E-state index contributed by atoms with van der Waals surface area (Å²) in [6, 6.07) is 13.4. The van der Waals surface area contributed by atoms with Crippen molar-refractivity contribution in [1.82, 2.24) is 45.9 Å². The third-order valence-electron chi connectivity index (χ3n) is 15.8. The second-order valence-corrected chi connectivity index (χ2v) is 22.7. The van der Waals surface area contributed by atoms with Crippen LogP contribution >= 0.6 is 7.60 Å². The van der Waals surface area contributed by atoms with Gasteiger partial charge >= 0.3 is 7.60 Å². The number of hydrogen-bond acceptors (Lipinski definition) is 12. The van der Waals surface area contributed by atoms with Crippen molar-refractivity contribution in [3.05, 3.63) is 106 Å². The molecule has 9 N–H and O–H groups in total. The van der Waals surface area contributed by atoms with Gasteiger partial charge in [-0.15, -0.1) is 0 Å². The van der Waals surface area contributed by atoms with E-state index >= 15 is 0 Å². The van der Waals surface area contributed by atoms with Crippen molar-refractivity contribution in [3.63, 3.8) is 0 Å². The number of rotatable bonds is 16. The number of aromatic nitrogens is 1. The second kappa shape index (κ2) is 24.1. The average molecular weight is 1120 g/mol. The van der Waals surface area contributed by atoms with Gasteiger partial charge in [-0.1, -0.05) is 48.2 Å². The summed E-state index contributed by atoms with van der Waals surface area (Å²) in [6.07, 6.45) is 3.76. The molecule has 4 saturated heterocycles. The summed E-state index contributed by atoms with van der Waals surface area (Å²) < 4.78 is 11.6. The second-order valence-electron chi connectivity index (χ2n) is 21.2. The van der Waals surface area contributed by atoms with E-state index in [-0.39, 0.29) is 80.1 Å². The minimum absolute atomic E-state index is 0.00110. The molecule has 420 valence electrons. The van der Waals surface area contributed by atoms with Gasteiger partial charge in [-0.2, -0.15) is 0 Å². The Morgan fingerprint density at radius 1 is 0.875 bits per heavy atom. The van der Waals surface area contributed by atoms with Crippen molar-refractivity contribution in [2.75, 3.05) is 33.2 Å². The largest absolute Gasteiger partial charge is 0.396 e. The van der Waals surface area contributed by atoms with Crippen molar-refractivity contribution in [2.45, 2.75) is 113 Å². The molecule has 0 aliphatic carbocycles. The molecular weight excluding hydrogens is 1050 g/mol. The summed E-state index contributed by atoms with van der Waals surface area (Å²) in [5.41, 5.74) is 6.74. The highest BCUT2D eigenvalue weighted by atomic mass is 31.2. The van der Waals surface area contributed by atoms with Crippen LogP contribution in [0, 0.1) is 17.8 Å². The summed E-state index contributed by atoms with van der Waals surface area (Å²) in [5, 5.41) is 11.0. The standard InChI is InChI=1S/C56H63N10O13P/c1-63-25-24-37-15-18-45(66(37)54(74)43(31-63)60-50(70)42-29-36-28-35(14-16-40(36)58-42)56(76)80(77,78)79)52(72)59-41(17-20-46(57)67)49(69)62-48(34-10-3-2-4-11-34)55(75)64-26-22-32(23-27-64)8-5-6-9-33-12-7-13-38-39(33)30-65(53(38)73)44-19-21-47(68)61-51(44)71/h2-4,7,10-14,16,28-29,32,37,41,43-45,48,58H,5,8,15,17-27,30-31H2,1H3,(H2,57,67)(H,59,72)(H,60,70)(H,62,69)(H,61,68,71)(H2,77,78,79)/t37-,41?,43+,44?,45+,48?/m1/s1. The van der Waals surface area contributed by atoms with E-state index in [1.54, 1.807) is 54.4 Å². The summed E-state index contributed by atoms with van der Waals surface area (Å²) in [6.45, 7) is 1.61. The molecule has 1 aromatic heterocycles. The third-order valence-corrected chi connectivity index (χ3v) is 16.6. The van der Waals surface area contributed by atoms with E-state index < -0.39 is 84.8 Å². The van der Waals surface area contributed by atoms with E-state index in [9.17, 15) is 62.3 Å². The molecule has 5 aliphatic rings. The molecule has 0 radical (unpaired) electrons. The number of likely N-dealkylation sites (tertiary alicyclic amines) is 1. The number of amides is 9. The molecule has 4 aromatic rings. The van der Waals surface area contributed by atoms with E-state index in [0.29, 0.717) is 79.3 Å². The number of likely N-dealkylation sites (N-methyl/N-ethyl adjacent to an activating group) is 1. The molecular formula is C56H63N10O13P. The zero-order valence-corrected chi connectivity index (χ0v) is 44.9. The lowest BCUT2D eigenvalue weighted by molar-refractivity contribution is -0.144. The Kier molecular flexibility index (Phi) is 17.1. The fourth-order valence-electron chi connectivity index (χ4n) is 11.4. The zero-order valence-electron chi connectivity index (χ0n) is 44.0. The van der Waals surface area contributed by atoms with Crippen LogP contribution in [0.2, 0.25) is 0 Å². The molecule has 80 heavy (non-hydrogen) atoms. The third kappa shape index (κ3) is 12.7. The van der Waals surface area contributed by atoms with Crippen LogP contribution in [0.5, 0.6) is 0 Å². The van der Waals surface area contributed by atoms with Gasteiger partial charge in [-0.05, 0) is 118 Å². The first-order valence-electron chi connectivity index (χ1n) is 26.8. The molecule has 23 nitrogen and oxygen atoms in total. The van der Waals surface area contributed by atoms with Gasteiger partial charge in [0.2, 0.25) is 41.4 Å². The number of nitrogens with one attached hydrogen (secondary N) is 5. The number of aromatic amines is 1. The predicted octanol–water partition coefficient (Wildman–Crippen LogP) is 1.72. The van der Waals surface area contributed by atoms with Crippen LogP contribution in [0.25, 0.3) is 10.9 Å². The monoisotopic (exact) mass is 1110 g/mol. The van der Waals surface area contributed by atoms with Gasteiger partial charge in [-0.3, -0.25) is 57.8 Å². The van der Waals surface area contributed by atoms with Crippen LogP contribution in [0.4, 0.5) is 0 Å². The number of carbonyl (C=O) groups excluding carboxylic acids is 10. The lowest BCUT2D eigenvalue weighted by atomic mass is 9.91. The number of nitrogens with two attached hydrogens (primary N) is 1. The highest BCUT2D eigenvalue weighted by molar-refractivity contribution is 7.70. The van der Waals surface area contributed by atoms with Crippen molar-refractivity contribution in [1.29, 1.82) is 0 Å². The molecule has 4 fully saturated rings. The maximum atomic E-state index is 14.6. The Bertz CT molecular complexity index is 3270. The number of imide groups is 1. The van der Waals surface area contributed by atoms with E-state index in [2.05, 4.69) is 38.1 Å². The number of carbonyl (C=O) groups is 10. The minimum atomic E-state index is -5.07. The lowest BCUT2D eigenvalue weighted by Gasteiger charge is -2.38. The molecule has 0 saturated carbocycles. The number of primary amides is 1. The molecule has 0 spiro atoms. The first-order chi connectivity index (χ1) is 38.2. The van der Waals surface area contributed by atoms with E-state index in [4.69, 9.17) is 5.73 Å². The number of nitrogens with zero attached hydrogens (tertiary/aromatic N) is 4. The van der Waals surface area contributed by atoms with Crippen LogP contribution in [0.3, 0.4) is 0 Å². The Hall–Kier alpha value is -8.03. The van der Waals surface area contributed by atoms with Gasteiger partial charge in [0.15, 0.2) is 0 Å². The van der Waals surface area contributed by atoms with E-state index in [1.165, 1.54) is 34.1 Å². The summed E-state index contributed by atoms with van der Waals surface area (Å²) in [5.74, 6) is 1.87. The van der Waals surface area contributed by atoms with Gasteiger partial charge in [-0.25, -0.2) is 0 Å². The molecule has 0 bridgehead atoms. The summed E-state index contributed by atoms with van der Waals surface area (Å²) >= 11 is 0. The SMILES string of the molecule is CN1CC[C@H]2CC[C@@H](C(=O)NC(CCC(N)=O)C(=O)NC(C(=O)N3CCC(CCC#Cc4cccc5c4CN(C4CCC(=O)NC4=O)C5=O)CC3)c3ccccc3)N2C(=O)[C@@H](NC(=O)c2cc3cc(C(=O)P(=O)(O)O)ccc3[nH]2)C1. The van der Waals surface area contributed by atoms with Gasteiger partial charge in [0.25, 0.3) is 17.3 Å². The average Bonchev–Trinajstić information content (AvgIpc) is 4.26. The van der Waals surface area contributed by atoms with Gasteiger partial charge in [0, 0.05) is 79.1 Å². The van der Waals surface area contributed by atoms with Crippen LogP contribution < -0.4 is 27.0 Å². The maximum Gasteiger partial charge on any atom is 0.396 e. The molecule has 3 unspecified atom stereocenters. The van der Waals surface area contributed by atoms with Crippen molar-refractivity contribution >= 4 is 77.2 Å². The van der Waals surface area contributed by atoms with Gasteiger partial charge in [0.1, 0.15) is 35.9 Å². The summed E-state index contributed by atoms with van der Waals surface area (Å²) in [7, 11) is -3.28. The highest BCUT2D eigenvalue weighted by Crippen LogP contribution is 2.40. The Morgan fingerprint density at radius 2 is 1.64 bits per heavy atom. The lowest BCUT2D eigenvalue weighted by Crippen LogP contribution is -2.61. The number of fused-ring (bicyclic) bond motifs is 3. The predicted molar refractivity (Wildman–Crippen MR) is 287 cm³/mol. The summed E-state index contributed by atoms with van der Waals surface area (Å²) in [4.78, 5) is 162. The maximum absolute atomic E-state index is 14.6. The first kappa shape index (κ1) is 56.7. The van der Waals surface area contributed by atoms with E-state index in [1.807, 2.05) is 11.0 Å². The van der Waals surface area contributed by atoms with Crippen LogP contribution in [-0.4, -0.2) is 156 Å². The fourth-order valence-corrected chi connectivity index (χ4v) is 11.9. The molecule has 24 heteroatoms. The van der Waals surface area contributed by atoms with Crippen molar-refractivity contribution in [3.8, 4) is 11.8 Å². The fraction of sp³-hybridized carbons (Fsp3) is 0.429. The Labute approximate surface area is 460 Å². The number of hydrogen-bond donors (Lipinski definition) is 8. The van der Waals surface area contributed by atoms with Crippen molar-refractivity contribution in [2.24, 2.45) is 11.7 Å². The normalized spacial score (nSPS) is 21.5. The van der Waals surface area contributed by atoms with Gasteiger partial charge < -0.3 is 56.1 Å². The number of H-pyrrole nitrogens is 1. The van der Waals surface area contributed by atoms with Crippen LogP contribution in [-0.2, 0) is 44.7 Å². The zero-order chi connectivity index (χ0) is 57.0. The molecule has 3 aromatic carbocycles. The van der Waals surface area contributed by atoms with Crippen LogP contribution in [0.1, 0.15) is 125 Å². The molecule has 6 heterocycles. The Morgan fingerprint density at radius 3 is 2.36 bits per heavy atom. The quantitative estimate of drug-likeness (QED) is 0.0450. The topological polar surface area (TPSA) is 331 Å². The van der Waals surface area contributed by atoms with Crippen molar-refractivity contribution < 1.29 is 62.3 Å². The number of piperidine rings is 2. The number of benzene rings is 3. The Balaban J connectivity index is 0.828. The minimum Gasteiger partial charge on any atom is -0.370 e. The molecule has 5 aliphatic heterocycles. The molecule has 9 rings (SSSR count). The molecule has 6 atom stereocenters. The van der Waals surface area contributed by atoms with Gasteiger partial charge in [0.05, 0.1) is 0 Å².